The highest BCUT2D eigenvalue weighted by Gasteiger charge is 2.01. The molecule has 0 aromatic heterocycles. The molecule has 0 heterocycles. The molecular formula is C5H10N2O2. The molecule has 0 rings (SSSR count). The molecule has 1 amide bonds. The van der Waals surface area contributed by atoms with E-state index in [1.165, 1.54) is 6.21 Å². The molecule has 4 nitrogen and oxygen atoms in total. The van der Waals surface area contributed by atoms with Gasteiger partial charge in [-0.1, -0.05) is 0 Å². The van der Waals surface area contributed by atoms with Crippen LogP contribution in [0.3, 0.4) is 0 Å². The molecule has 0 aliphatic heterocycles. The van der Waals surface area contributed by atoms with Gasteiger partial charge < -0.3 is 15.9 Å². The lowest BCUT2D eigenvalue weighted by molar-refractivity contribution is 0.120. The molecule has 0 aromatic rings. The van der Waals surface area contributed by atoms with Gasteiger partial charge in [0.15, 0.2) is 0 Å². The number of rotatable bonds is 3. The summed E-state index contributed by atoms with van der Waals surface area (Å²) in [6, 6.07) is 0. The van der Waals surface area contributed by atoms with Gasteiger partial charge in [-0.3, -0.25) is 0 Å². The second kappa shape index (κ2) is 3.88. The minimum Gasteiger partial charge on any atom is -0.446 e. The molecule has 0 saturated carbocycles. The number of amides is 1. The van der Waals surface area contributed by atoms with Crippen molar-refractivity contribution in [3.05, 3.63) is 0 Å². The highest BCUT2D eigenvalue weighted by atomic mass is 16.6. The third kappa shape index (κ3) is 4.80. The van der Waals surface area contributed by atoms with Gasteiger partial charge in [0.1, 0.15) is 6.10 Å². The van der Waals surface area contributed by atoms with Crippen molar-refractivity contribution in [2.75, 3.05) is 0 Å². The first-order valence-corrected chi connectivity index (χ1v) is 2.62. The first-order chi connectivity index (χ1) is 4.16. The van der Waals surface area contributed by atoms with Gasteiger partial charge >= 0.3 is 6.09 Å². The molecule has 0 saturated heterocycles. The largest absolute Gasteiger partial charge is 0.446 e. The van der Waals surface area contributed by atoms with Crippen LogP contribution < -0.4 is 5.73 Å². The summed E-state index contributed by atoms with van der Waals surface area (Å²) >= 11 is 0. The van der Waals surface area contributed by atoms with Crippen LogP contribution in [0.15, 0.2) is 0 Å². The number of nitrogens with two attached hydrogens (primary N) is 1. The molecule has 0 aliphatic rings. The zero-order valence-electron chi connectivity index (χ0n) is 5.26. The summed E-state index contributed by atoms with van der Waals surface area (Å²) in [4.78, 5) is 10.0. The molecule has 3 N–H and O–H groups in total. The summed E-state index contributed by atoms with van der Waals surface area (Å²) in [5, 5.41) is 6.62. The van der Waals surface area contributed by atoms with Crippen molar-refractivity contribution in [2.45, 2.75) is 19.4 Å². The summed E-state index contributed by atoms with van der Waals surface area (Å²) in [6.45, 7) is 1.68. The fourth-order valence-electron chi connectivity index (χ4n) is 0.412. The van der Waals surface area contributed by atoms with Crippen LogP contribution >= 0.6 is 0 Å². The van der Waals surface area contributed by atoms with E-state index in [9.17, 15) is 4.79 Å². The van der Waals surface area contributed by atoms with Crippen molar-refractivity contribution in [2.24, 2.45) is 5.73 Å². The zero-order valence-corrected chi connectivity index (χ0v) is 5.26. The molecular weight excluding hydrogens is 120 g/mol. The second-order valence-corrected chi connectivity index (χ2v) is 1.69. The molecule has 4 heteroatoms. The van der Waals surface area contributed by atoms with E-state index >= 15 is 0 Å². The highest BCUT2D eigenvalue weighted by Crippen LogP contribution is 1.92. The third-order valence-corrected chi connectivity index (χ3v) is 0.767. The first kappa shape index (κ1) is 7.94. The summed E-state index contributed by atoms with van der Waals surface area (Å²) < 4.78 is 4.48. The number of hydrogen-bond donors (Lipinski definition) is 2. The van der Waals surface area contributed by atoms with Crippen molar-refractivity contribution < 1.29 is 9.53 Å². The standard InChI is InChI=1S/C5H10N2O2/c1-4(2-3-6)9-5(7)8/h3-4,6H,2H2,1H3,(H2,7,8)/t4-/m1/s1. The topological polar surface area (TPSA) is 76.2 Å². The number of carbonyl (C=O) groups is 1. The van der Waals surface area contributed by atoms with Gasteiger partial charge in [0.2, 0.25) is 0 Å². The van der Waals surface area contributed by atoms with E-state index in [-0.39, 0.29) is 6.10 Å². The zero-order chi connectivity index (χ0) is 7.28. The molecule has 0 bridgehead atoms. The van der Waals surface area contributed by atoms with Crippen molar-refractivity contribution >= 4 is 12.3 Å². The van der Waals surface area contributed by atoms with Gasteiger partial charge in [-0.25, -0.2) is 4.79 Å². The van der Waals surface area contributed by atoms with Crippen LogP contribution in [0.4, 0.5) is 4.79 Å². The van der Waals surface area contributed by atoms with Gasteiger partial charge in [-0.05, 0) is 13.1 Å². The molecule has 0 radical (unpaired) electrons. The SMILES string of the molecule is C[C@H](CC=N)OC(N)=O. The molecule has 52 valence electrons. The average molecular weight is 130 g/mol. The Hall–Kier alpha value is -1.06. The molecule has 0 aromatic carbocycles. The van der Waals surface area contributed by atoms with Crippen LogP contribution in [0, 0.1) is 5.41 Å². The highest BCUT2D eigenvalue weighted by molar-refractivity contribution is 5.65. The van der Waals surface area contributed by atoms with Gasteiger partial charge in [-0.15, -0.1) is 0 Å². The van der Waals surface area contributed by atoms with Crippen LogP contribution in [-0.4, -0.2) is 18.4 Å². The maximum atomic E-state index is 10.0. The van der Waals surface area contributed by atoms with Crippen LogP contribution in [0.2, 0.25) is 0 Å². The van der Waals surface area contributed by atoms with Crippen LogP contribution in [-0.2, 0) is 4.74 Å². The van der Waals surface area contributed by atoms with E-state index in [1.54, 1.807) is 6.92 Å². The average Bonchev–Trinajstić information content (AvgIpc) is 1.63. The molecule has 1 atom stereocenters. The summed E-state index contributed by atoms with van der Waals surface area (Å²) in [5.74, 6) is 0. The van der Waals surface area contributed by atoms with E-state index in [0.717, 1.165) is 0 Å². The minimum absolute atomic E-state index is 0.278. The molecule has 9 heavy (non-hydrogen) atoms. The lowest BCUT2D eigenvalue weighted by Gasteiger charge is -2.06. The summed E-state index contributed by atoms with van der Waals surface area (Å²) in [6.07, 6.45) is 0.528. The summed E-state index contributed by atoms with van der Waals surface area (Å²) in [5.41, 5.74) is 4.69. The predicted molar refractivity (Wildman–Crippen MR) is 33.5 cm³/mol. The Bertz CT molecular complexity index is 114. The van der Waals surface area contributed by atoms with Crippen molar-refractivity contribution in [3.8, 4) is 0 Å². The number of primary amides is 1. The normalized spacial score (nSPS) is 12.1. The number of nitrogens with one attached hydrogen (secondary N) is 1. The van der Waals surface area contributed by atoms with E-state index in [4.69, 9.17) is 5.41 Å². The number of ether oxygens (including phenoxy) is 1. The second-order valence-electron chi connectivity index (χ2n) is 1.69. The third-order valence-electron chi connectivity index (χ3n) is 0.767. The van der Waals surface area contributed by atoms with Crippen molar-refractivity contribution in [1.82, 2.24) is 0 Å². The Balaban J connectivity index is 3.37. The lowest BCUT2D eigenvalue weighted by Crippen LogP contribution is -2.20. The maximum Gasteiger partial charge on any atom is 0.404 e. The smallest absolute Gasteiger partial charge is 0.404 e. The number of hydrogen-bond acceptors (Lipinski definition) is 3. The van der Waals surface area contributed by atoms with Crippen LogP contribution in [0.5, 0.6) is 0 Å². The Morgan fingerprint density at radius 1 is 2.00 bits per heavy atom. The van der Waals surface area contributed by atoms with E-state index in [1.807, 2.05) is 0 Å². The molecule has 0 aliphatic carbocycles. The van der Waals surface area contributed by atoms with E-state index < -0.39 is 6.09 Å². The van der Waals surface area contributed by atoms with Crippen LogP contribution in [0.25, 0.3) is 0 Å². The molecule has 0 unspecified atom stereocenters. The fourth-order valence-corrected chi connectivity index (χ4v) is 0.412. The molecule has 0 spiro atoms. The first-order valence-electron chi connectivity index (χ1n) is 2.62. The fraction of sp³-hybridized carbons (Fsp3) is 0.600. The lowest BCUT2D eigenvalue weighted by atomic mass is 10.3. The Morgan fingerprint density at radius 2 is 2.56 bits per heavy atom. The van der Waals surface area contributed by atoms with Crippen molar-refractivity contribution in [3.63, 3.8) is 0 Å². The minimum atomic E-state index is -0.788. The van der Waals surface area contributed by atoms with Crippen LogP contribution in [0.1, 0.15) is 13.3 Å². The van der Waals surface area contributed by atoms with Crippen molar-refractivity contribution in [1.29, 1.82) is 5.41 Å². The Kier molecular flexibility index (Phi) is 3.43. The van der Waals surface area contributed by atoms with Gasteiger partial charge in [-0.2, -0.15) is 0 Å². The van der Waals surface area contributed by atoms with Gasteiger partial charge in [0, 0.05) is 6.42 Å². The predicted octanol–water partition coefficient (Wildman–Crippen LogP) is 0.510. The molecule has 0 fully saturated rings. The Labute approximate surface area is 53.5 Å². The van der Waals surface area contributed by atoms with Gasteiger partial charge in [0.25, 0.3) is 0 Å². The van der Waals surface area contributed by atoms with E-state index in [0.29, 0.717) is 6.42 Å². The van der Waals surface area contributed by atoms with Gasteiger partial charge in [0.05, 0.1) is 0 Å². The van der Waals surface area contributed by atoms with E-state index in [2.05, 4.69) is 10.5 Å². The number of carbonyl (C=O) groups excluding carboxylic acids is 1. The maximum absolute atomic E-state index is 10.0. The monoisotopic (exact) mass is 130 g/mol. The quantitative estimate of drug-likeness (QED) is 0.546. The Morgan fingerprint density at radius 3 is 2.89 bits per heavy atom. The summed E-state index contributed by atoms with van der Waals surface area (Å²) in [7, 11) is 0.